The molecular weight excluding hydrogens is 713 g/mol. The summed E-state index contributed by atoms with van der Waals surface area (Å²) in [6.45, 7) is 0. The molecule has 0 bridgehead atoms. The van der Waals surface area contributed by atoms with Crippen LogP contribution in [0.1, 0.15) is 0 Å². The number of aromatic nitrogens is 4. The van der Waals surface area contributed by atoms with Crippen LogP contribution in [0.5, 0.6) is 0 Å². The van der Waals surface area contributed by atoms with Gasteiger partial charge in [-0.25, -0.2) is 9.97 Å². The topological polar surface area (TPSA) is 35.1 Å². The fourth-order valence-corrected chi connectivity index (χ4v) is 11.3. The first kappa shape index (κ1) is 29.9. The van der Waals surface area contributed by atoms with E-state index in [2.05, 4.69) is 179 Å². The van der Waals surface area contributed by atoms with Crippen molar-refractivity contribution in [1.82, 2.24) is 18.9 Å². The molecule has 14 rings (SSSR count). The van der Waals surface area contributed by atoms with Gasteiger partial charge in [0, 0.05) is 64.1 Å². The lowest BCUT2D eigenvalue weighted by Gasteiger charge is -2.14. The van der Waals surface area contributed by atoms with Crippen LogP contribution >= 0.6 is 11.3 Å². The van der Waals surface area contributed by atoms with Gasteiger partial charge in [-0.1, -0.05) is 140 Å². The van der Waals surface area contributed by atoms with Gasteiger partial charge in [0.15, 0.2) is 0 Å². The fraction of sp³-hybridized carbons (Fsp3) is 0. The van der Waals surface area contributed by atoms with Gasteiger partial charge in [-0.15, -0.1) is 11.3 Å². The highest BCUT2D eigenvalue weighted by molar-refractivity contribution is 7.26. The third kappa shape index (κ3) is 3.77. The Bertz CT molecular complexity index is 4040. The largest absolute Gasteiger partial charge is 0.308 e. The molecule has 0 saturated carbocycles. The smallest absolute Gasteiger partial charge is 0.235 e. The molecule has 5 aromatic heterocycles. The van der Waals surface area contributed by atoms with Crippen molar-refractivity contribution in [1.29, 1.82) is 0 Å². The third-order valence-corrected chi connectivity index (χ3v) is 13.6. The quantitative estimate of drug-likeness (QED) is 0.165. The summed E-state index contributed by atoms with van der Waals surface area (Å²) >= 11 is 1.87. The number of para-hydroxylation sites is 2. The molecule has 0 aliphatic heterocycles. The van der Waals surface area contributed by atoms with Gasteiger partial charge < -0.3 is 4.40 Å². The van der Waals surface area contributed by atoms with Crippen molar-refractivity contribution in [2.75, 3.05) is 0 Å². The summed E-state index contributed by atoms with van der Waals surface area (Å²) in [6.07, 6.45) is 0. The molecule has 0 fully saturated rings. The molecule has 9 aromatic carbocycles. The number of thiophene rings is 1. The SMILES string of the molecule is c1ccc(-c2nc(-n3c4cc5ccccc5c5c6cccc7c8ccccc8n(c8cc9c%10ccccc%10sc9c3c8c54)c76)nc3c2ccc2ccccc23)cc1. The van der Waals surface area contributed by atoms with Gasteiger partial charge >= 0.3 is 0 Å². The average molecular weight is 741 g/mol. The highest BCUT2D eigenvalue weighted by Gasteiger charge is 2.28. The van der Waals surface area contributed by atoms with Crippen LogP contribution in [0.15, 0.2) is 170 Å². The Morgan fingerprint density at radius 1 is 0.404 bits per heavy atom. The third-order valence-electron chi connectivity index (χ3n) is 12.4. The van der Waals surface area contributed by atoms with E-state index in [0.29, 0.717) is 5.95 Å². The number of rotatable bonds is 2. The zero-order valence-corrected chi connectivity index (χ0v) is 31.2. The molecule has 0 saturated heterocycles. The Labute approximate surface area is 328 Å². The van der Waals surface area contributed by atoms with Crippen molar-refractivity contribution in [2.45, 2.75) is 0 Å². The lowest BCUT2D eigenvalue weighted by atomic mass is 9.97. The minimum Gasteiger partial charge on any atom is -0.308 e. The lowest BCUT2D eigenvalue weighted by molar-refractivity contribution is 1.02. The fourth-order valence-electron chi connectivity index (χ4n) is 10.1. The monoisotopic (exact) mass is 740 g/mol. The highest BCUT2D eigenvalue weighted by atomic mass is 32.1. The summed E-state index contributed by atoms with van der Waals surface area (Å²) in [7, 11) is 0. The van der Waals surface area contributed by atoms with Crippen molar-refractivity contribution in [2.24, 2.45) is 0 Å². The second-order valence-corrected chi connectivity index (χ2v) is 16.3. The van der Waals surface area contributed by atoms with Gasteiger partial charge in [-0.05, 0) is 46.5 Å². The second-order valence-electron chi connectivity index (χ2n) is 15.3. The highest BCUT2D eigenvalue weighted by Crippen LogP contribution is 2.50. The molecule has 0 aliphatic rings. The summed E-state index contributed by atoms with van der Waals surface area (Å²) in [5.74, 6) is 0.672. The van der Waals surface area contributed by atoms with Crippen LogP contribution < -0.4 is 0 Å². The molecule has 0 atom stereocenters. The molecule has 4 nitrogen and oxygen atoms in total. The minimum absolute atomic E-state index is 0.672. The molecule has 14 aromatic rings. The molecule has 57 heavy (non-hydrogen) atoms. The Kier molecular flexibility index (Phi) is 5.62. The van der Waals surface area contributed by atoms with E-state index in [-0.39, 0.29) is 0 Å². The predicted octanol–water partition coefficient (Wildman–Crippen LogP) is 14.2. The first-order chi connectivity index (χ1) is 28.3. The van der Waals surface area contributed by atoms with E-state index in [1.165, 1.54) is 79.8 Å². The van der Waals surface area contributed by atoms with Crippen molar-refractivity contribution in [3.8, 4) is 17.2 Å². The van der Waals surface area contributed by atoms with Crippen molar-refractivity contribution in [3.63, 3.8) is 0 Å². The lowest BCUT2D eigenvalue weighted by Crippen LogP contribution is -2.04. The molecule has 0 N–H and O–H groups in total. The predicted molar refractivity (Wildman–Crippen MR) is 242 cm³/mol. The normalized spacial score (nSPS) is 12.6. The molecule has 5 heterocycles. The van der Waals surface area contributed by atoms with Crippen molar-refractivity contribution >= 4 is 124 Å². The van der Waals surface area contributed by atoms with Crippen molar-refractivity contribution in [3.05, 3.63) is 170 Å². The van der Waals surface area contributed by atoms with E-state index >= 15 is 0 Å². The summed E-state index contributed by atoms with van der Waals surface area (Å²) in [6, 6.07) is 62.0. The van der Waals surface area contributed by atoms with E-state index in [1.54, 1.807) is 0 Å². The zero-order valence-electron chi connectivity index (χ0n) is 30.4. The average Bonchev–Trinajstić information content (AvgIpc) is 3.90. The number of benzene rings is 9. The van der Waals surface area contributed by atoms with Crippen LogP contribution in [0.4, 0.5) is 0 Å². The molecule has 0 spiro atoms. The number of hydrogen-bond acceptors (Lipinski definition) is 3. The van der Waals surface area contributed by atoms with Crippen LogP contribution in [0.25, 0.3) is 130 Å². The standard InChI is InChI=1S/C52H28N4S/c1-2-14-30(15-3-1)47-38-26-25-29-13-4-7-18-33(29)48(38)54-52(53-47)56-41-27-31-16-5-6-17-32(31)44-37-22-12-21-36-34-19-8-10-23-40(34)55(49(36)37)42-28-39-35-20-9-11-24-43(35)57-51(39)50(56)46(42)45(41)44/h1-28H. The van der Waals surface area contributed by atoms with Crippen LogP contribution in [-0.4, -0.2) is 18.9 Å². The molecular formula is C52H28N4S. The van der Waals surface area contributed by atoms with Gasteiger partial charge in [-0.3, -0.25) is 4.57 Å². The molecule has 262 valence electrons. The zero-order chi connectivity index (χ0) is 36.9. The van der Waals surface area contributed by atoms with Crippen LogP contribution in [-0.2, 0) is 0 Å². The molecule has 5 heteroatoms. The van der Waals surface area contributed by atoms with Crippen LogP contribution in [0.2, 0.25) is 0 Å². The maximum atomic E-state index is 5.65. The van der Waals surface area contributed by atoms with Crippen molar-refractivity contribution < 1.29 is 0 Å². The van der Waals surface area contributed by atoms with Gasteiger partial charge in [0.2, 0.25) is 5.95 Å². The van der Waals surface area contributed by atoms with Gasteiger partial charge in [0.05, 0.1) is 43.5 Å². The minimum atomic E-state index is 0.672. The molecule has 0 radical (unpaired) electrons. The molecule has 0 unspecified atom stereocenters. The first-order valence-electron chi connectivity index (χ1n) is 19.4. The summed E-state index contributed by atoms with van der Waals surface area (Å²) in [5, 5.41) is 15.7. The van der Waals surface area contributed by atoms with Crippen LogP contribution in [0, 0.1) is 0 Å². The Balaban J connectivity index is 1.33. The number of nitrogens with zero attached hydrogens (tertiary/aromatic N) is 4. The first-order valence-corrected chi connectivity index (χ1v) is 20.2. The van der Waals surface area contributed by atoms with E-state index in [4.69, 9.17) is 9.97 Å². The van der Waals surface area contributed by atoms with Gasteiger partial charge in [0.1, 0.15) is 0 Å². The maximum absolute atomic E-state index is 5.65. The van der Waals surface area contributed by atoms with E-state index in [0.717, 1.165) is 44.0 Å². The number of hydrogen-bond donors (Lipinski definition) is 0. The number of fused-ring (bicyclic) bond motifs is 14. The van der Waals surface area contributed by atoms with E-state index in [9.17, 15) is 0 Å². The van der Waals surface area contributed by atoms with Gasteiger partial charge in [-0.2, -0.15) is 0 Å². The summed E-state index contributed by atoms with van der Waals surface area (Å²) < 4.78 is 7.47. The molecule has 0 aliphatic carbocycles. The van der Waals surface area contributed by atoms with Gasteiger partial charge in [0.25, 0.3) is 0 Å². The summed E-state index contributed by atoms with van der Waals surface area (Å²) in [4.78, 5) is 11.3. The summed E-state index contributed by atoms with van der Waals surface area (Å²) in [5.41, 5.74) is 8.84. The Hall–Kier alpha value is -7.34. The maximum Gasteiger partial charge on any atom is 0.235 e. The Morgan fingerprint density at radius 3 is 2.02 bits per heavy atom. The van der Waals surface area contributed by atoms with Crippen LogP contribution in [0.3, 0.4) is 0 Å². The van der Waals surface area contributed by atoms with E-state index in [1.807, 2.05) is 11.3 Å². The van der Waals surface area contributed by atoms with E-state index < -0.39 is 0 Å². The Morgan fingerprint density at radius 2 is 1.12 bits per heavy atom. The second kappa shape index (κ2) is 10.7. The molecule has 0 amide bonds.